The highest BCUT2D eigenvalue weighted by Crippen LogP contribution is 2.30. The zero-order chi connectivity index (χ0) is 14.1. The molecule has 0 fully saturated rings. The molecule has 0 bridgehead atoms. The summed E-state index contributed by atoms with van der Waals surface area (Å²) in [7, 11) is 2.08. The molecule has 0 spiro atoms. The van der Waals surface area contributed by atoms with Crippen molar-refractivity contribution in [1.29, 1.82) is 0 Å². The van der Waals surface area contributed by atoms with Crippen molar-refractivity contribution >= 4 is 22.3 Å². The second-order valence-corrected chi connectivity index (χ2v) is 5.58. The van der Waals surface area contributed by atoms with Gasteiger partial charge in [0.05, 0.1) is 5.69 Å². The summed E-state index contributed by atoms with van der Waals surface area (Å²) in [6.07, 6.45) is 1.77. The third-order valence-electron chi connectivity index (χ3n) is 3.46. The monoisotopic (exact) mass is 284 g/mol. The SMILES string of the molecule is Cc1cc(-c2csc(Nc3ccccn3)n2)c(C)n1C. The number of hydrogen-bond donors (Lipinski definition) is 1. The number of aromatic nitrogens is 3. The molecule has 5 heteroatoms. The van der Waals surface area contributed by atoms with Crippen molar-refractivity contribution in [2.45, 2.75) is 13.8 Å². The average molecular weight is 284 g/mol. The summed E-state index contributed by atoms with van der Waals surface area (Å²) in [5.74, 6) is 0.814. The Balaban J connectivity index is 1.88. The van der Waals surface area contributed by atoms with E-state index in [2.05, 4.69) is 52.2 Å². The molecule has 0 radical (unpaired) electrons. The Bertz CT molecular complexity index is 728. The van der Waals surface area contributed by atoms with Crippen LogP contribution in [0.25, 0.3) is 11.3 Å². The van der Waals surface area contributed by atoms with Crippen LogP contribution < -0.4 is 5.32 Å². The largest absolute Gasteiger partial charge is 0.351 e. The van der Waals surface area contributed by atoms with Gasteiger partial charge in [0, 0.05) is 35.6 Å². The molecule has 102 valence electrons. The molecule has 4 nitrogen and oxygen atoms in total. The van der Waals surface area contributed by atoms with Gasteiger partial charge in [-0.15, -0.1) is 11.3 Å². The maximum Gasteiger partial charge on any atom is 0.188 e. The Morgan fingerprint density at radius 1 is 1.25 bits per heavy atom. The van der Waals surface area contributed by atoms with Crippen LogP contribution in [0.5, 0.6) is 0 Å². The summed E-state index contributed by atoms with van der Waals surface area (Å²) in [5.41, 5.74) is 4.67. The van der Waals surface area contributed by atoms with E-state index >= 15 is 0 Å². The van der Waals surface area contributed by atoms with E-state index in [0.29, 0.717) is 0 Å². The number of aryl methyl sites for hydroxylation is 1. The molecule has 3 aromatic rings. The van der Waals surface area contributed by atoms with Crippen LogP contribution in [-0.4, -0.2) is 14.5 Å². The van der Waals surface area contributed by atoms with Crippen LogP contribution in [0.1, 0.15) is 11.4 Å². The van der Waals surface area contributed by atoms with E-state index in [-0.39, 0.29) is 0 Å². The molecule has 20 heavy (non-hydrogen) atoms. The molecule has 3 aromatic heterocycles. The summed E-state index contributed by atoms with van der Waals surface area (Å²) >= 11 is 1.59. The number of nitrogens with zero attached hydrogens (tertiary/aromatic N) is 3. The lowest BCUT2D eigenvalue weighted by molar-refractivity contribution is 0.845. The second-order valence-electron chi connectivity index (χ2n) is 4.72. The Morgan fingerprint density at radius 2 is 2.10 bits per heavy atom. The minimum Gasteiger partial charge on any atom is -0.351 e. The van der Waals surface area contributed by atoms with Gasteiger partial charge in [-0.3, -0.25) is 0 Å². The van der Waals surface area contributed by atoms with Crippen molar-refractivity contribution in [3.05, 3.63) is 47.2 Å². The maximum atomic E-state index is 4.65. The highest BCUT2D eigenvalue weighted by molar-refractivity contribution is 7.14. The van der Waals surface area contributed by atoms with Gasteiger partial charge < -0.3 is 9.88 Å². The number of rotatable bonds is 3. The molecule has 0 unspecified atom stereocenters. The van der Waals surface area contributed by atoms with Gasteiger partial charge in [-0.2, -0.15) is 0 Å². The average Bonchev–Trinajstić information content (AvgIpc) is 3.01. The van der Waals surface area contributed by atoms with Crippen molar-refractivity contribution in [3.63, 3.8) is 0 Å². The third-order valence-corrected chi connectivity index (χ3v) is 4.21. The molecule has 0 amide bonds. The number of hydrogen-bond acceptors (Lipinski definition) is 4. The molecule has 0 saturated carbocycles. The van der Waals surface area contributed by atoms with Crippen LogP contribution in [0.15, 0.2) is 35.8 Å². The van der Waals surface area contributed by atoms with Gasteiger partial charge >= 0.3 is 0 Å². The van der Waals surface area contributed by atoms with Gasteiger partial charge in [0.15, 0.2) is 5.13 Å². The predicted molar refractivity (Wildman–Crippen MR) is 83.5 cm³/mol. The van der Waals surface area contributed by atoms with Crippen LogP contribution in [0, 0.1) is 13.8 Å². The molecular weight excluding hydrogens is 268 g/mol. The molecule has 1 N–H and O–H groups in total. The van der Waals surface area contributed by atoms with E-state index in [4.69, 9.17) is 0 Å². The van der Waals surface area contributed by atoms with Gasteiger partial charge in [-0.1, -0.05) is 6.07 Å². The van der Waals surface area contributed by atoms with Gasteiger partial charge in [0.2, 0.25) is 0 Å². The molecular formula is C15H16N4S. The lowest BCUT2D eigenvalue weighted by Gasteiger charge is -2.01. The molecule has 0 saturated heterocycles. The minimum absolute atomic E-state index is 0.814. The minimum atomic E-state index is 0.814. The fourth-order valence-corrected chi connectivity index (χ4v) is 2.83. The molecule has 3 rings (SSSR count). The first-order chi connectivity index (χ1) is 9.65. The Kier molecular flexibility index (Phi) is 3.28. The smallest absolute Gasteiger partial charge is 0.188 e. The summed E-state index contributed by atoms with van der Waals surface area (Å²) in [4.78, 5) is 8.89. The summed E-state index contributed by atoms with van der Waals surface area (Å²) in [6, 6.07) is 7.96. The van der Waals surface area contributed by atoms with E-state index in [1.807, 2.05) is 18.2 Å². The van der Waals surface area contributed by atoms with Gasteiger partial charge in [-0.05, 0) is 32.0 Å². The number of nitrogens with one attached hydrogen (secondary N) is 1. The highest BCUT2D eigenvalue weighted by Gasteiger charge is 2.11. The number of pyridine rings is 1. The normalized spacial score (nSPS) is 10.8. The predicted octanol–water partition coefficient (Wildman–Crippen LogP) is 3.90. The molecule has 0 atom stereocenters. The van der Waals surface area contributed by atoms with Gasteiger partial charge in [0.1, 0.15) is 5.82 Å². The van der Waals surface area contributed by atoms with Crippen LogP contribution in [-0.2, 0) is 7.05 Å². The Labute approximate surface area is 122 Å². The molecule has 3 heterocycles. The lowest BCUT2D eigenvalue weighted by Crippen LogP contribution is -1.93. The first-order valence-electron chi connectivity index (χ1n) is 6.42. The third kappa shape index (κ3) is 2.32. The quantitative estimate of drug-likeness (QED) is 0.793. The molecule has 0 aliphatic heterocycles. The lowest BCUT2D eigenvalue weighted by atomic mass is 10.2. The number of thiazole rings is 1. The first-order valence-corrected chi connectivity index (χ1v) is 7.30. The van der Waals surface area contributed by atoms with E-state index < -0.39 is 0 Å². The van der Waals surface area contributed by atoms with Crippen LogP contribution >= 0.6 is 11.3 Å². The zero-order valence-electron chi connectivity index (χ0n) is 11.7. The molecule has 0 aliphatic rings. The van der Waals surface area contributed by atoms with Crippen molar-refractivity contribution in [2.24, 2.45) is 7.05 Å². The second kappa shape index (κ2) is 5.09. The Hall–Kier alpha value is -2.14. The summed E-state index contributed by atoms with van der Waals surface area (Å²) in [6.45, 7) is 4.23. The molecule has 0 aliphatic carbocycles. The first kappa shape index (κ1) is 12.9. The standard InChI is InChI=1S/C15H16N4S/c1-10-8-12(11(2)19(10)3)13-9-20-15(17-13)18-14-6-4-5-7-16-14/h4-9H,1-3H3,(H,16,17,18). The highest BCUT2D eigenvalue weighted by atomic mass is 32.1. The Morgan fingerprint density at radius 3 is 2.75 bits per heavy atom. The summed E-state index contributed by atoms with van der Waals surface area (Å²) < 4.78 is 2.18. The van der Waals surface area contributed by atoms with Gasteiger partial charge in [0.25, 0.3) is 0 Å². The number of anilines is 2. The van der Waals surface area contributed by atoms with E-state index in [1.165, 1.54) is 17.0 Å². The van der Waals surface area contributed by atoms with Crippen LogP contribution in [0.3, 0.4) is 0 Å². The maximum absolute atomic E-state index is 4.65. The fourth-order valence-electron chi connectivity index (χ4n) is 2.12. The van der Waals surface area contributed by atoms with Crippen molar-refractivity contribution in [1.82, 2.24) is 14.5 Å². The van der Waals surface area contributed by atoms with Crippen molar-refractivity contribution < 1.29 is 0 Å². The van der Waals surface area contributed by atoms with Crippen LogP contribution in [0.4, 0.5) is 10.9 Å². The summed E-state index contributed by atoms with van der Waals surface area (Å²) in [5, 5.41) is 6.16. The van der Waals surface area contributed by atoms with Crippen LogP contribution in [0.2, 0.25) is 0 Å². The van der Waals surface area contributed by atoms with Crippen molar-refractivity contribution in [3.8, 4) is 11.3 Å². The molecule has 0 aromatic carbocycles. The topological polar surface area (TPSA) is 42.7 Å². The zero-order valence-corrected chi connectivity index (χ0v) is 12.5. The van der Waals surface area contributed by atoms with Gasteiger partial charge in [-0.25, -0.2) is 9.97 Å². The van der Waals surface area contributed by atoms with E-state index in [0.717, 1.165) is 16.6 Å². The fraction of sp³-hybridized carbons (Fsp3) is 0.200. The van der Waals surface area contributed by atoms with E-state index in [9.17, 15) is 0 Å². The van der Waals surface area contributed by atoms with E-state index in [1.54, 1.807) is 17.5 Å². The van der Waals surface area contributed by atoms with Crippen molar-refractivity contribution in [2.75, 3.05) is 5.32 Å².